The molecule has 0 fully saturated rings. The van der Waals surface area contributed by atoms with Crippen LogP contribution in [0.1, 0.15) is 5.56 Å². The van der Waals surface area contributed by atoms with E-state index in [0.29, 0.717) is 5.56 Å². The van der Waals surface area contributed by atoms with E-state index in [-0.39, 0.29) is 9.99 Å². The average molecular weight is 387 g/mol. The summed E-state index contributed by atoms with van der Waals surface area (Å²) in [6.45, 7) is -3.34. The van der Waals surface area contributed by atoms with Gasteiger partial charge in [-0.05, 0) is 23.4 Å². The first-order valence-electron chi connectivity index (χ1n) is 6.17. The van der Waals surface area contributed by atoms with Gasteiger partial charge in [0.15, 0.2) is 0 Å². The third kappa shape index (κ3) is 3.06. The average Bonchev–Trinajstić information content (AvgIpc) is 2.51. The first kappa shape index (κ1) is 18.4. The van der Waals surface area contributed by atoms with Crippen LogP contribution in [-0.4, -0.2) is 33.9 Å². The van der Waals surface area contributed by atoms with Gasteiger partial charge >= 0.3 is 15.5 Å². The molecule has 0 saturated carbocycles. The van der Waals surface area contributed by atoms with E-state index in [1.54, 1.807) is 6.07 Å². The van der Waals surface area contributed by atoms with E-state index < -0.39 is 27.8 Å². The Morgan fingerprint density at radius 1 is 1.22 bits per heavy atom. The molecule has 0 aromatic heterocycles. The van der Waals surface area contributed by atoms with E-state index in [1.807, 2.05) is 0 Å². The topological polar surface area (TPSA) is 55.8 Å². The Bertz CT molecular complexity index is 771. The maximum absolute atomic E-state index is 13.1. The zero-order chi connectivity index (χ0) is 17.5. The van der Waals surface area contributed by atoms with Crippen molar-refractivity contribution < 1.29 is 30.6 Å². The van der Waals surface area contributed by atoms with Gasteiger partial charge in [0.25, 0.3) is 0 Å². The lowest BCUT2D eigenvalue weighted by Gasteiger charge is -2.38. The molecular weight excluding hydrogens is 374 g/mol. The first-order chi connectivity index (χ1) is 10.6. The summed E-state index contributed by atoms with van der Waals surface area (Å²) in [5.41, 5.74) is -5.28. The Morgan fingerprint density at radius 2 is 1.78 bits per heavy atom. The fourth-order valence-electron chi connectivity index (χ4n) is 2.15. The Balaban J connectivity index is 2.73. The highest BCUT2D eigenvalue weighted by Crippen LogP contribution is 2.57. The lowest BCUT2D eigenvalue weighted by atomic mass is 10.1. The fraction of sp³-hybridized carbons (Fsp3) is 0.333. The summed E-state index contributed by atoms with van der Waals surface area (Å²) in [6, 6.07) is 5.81. The number of benzene rings is 1. The van der Waals surface area contributed by atoms with Crippen molar-refractivity contribution in [3.8, 4) is 0 Å². The molecule has 0 aliphatic carbocycles. The van der Waals surface area contributed by atoms with E-state index in [4.69, 9.17) is 20.9 Å². The number of hydrogen-bond acceptors (Lipinski definition) is 5. The number of para-hydroxylation sites is 1. The van der Waals surface area contributed by atoms with Gasteiger partial charge in [-0.1, -0.05) is 30.4 Å². The van der Waals surface area contributed by atoms with Gasteiger partial charge in [-0.25, -0.2) is 4.31 Å². The summed E-state index contributed by atoms with van der Waals surface area (Å²) >= 11 is 5.16. The molecule has 5 nitrogen and oxygen atoms in total. The zero-order valence-electron chi connectivity index (χ0n) is 12.0. The number of anilines is 1. The highest BCUT2D eigenvalue weighted by molar-refractivity contribution is 8.10. The van der Waals surface area contributed by atoms with E-state index in [2.05, 4.69) is 0 Å². The van der Waals surface area contributed by atoms with Gasteiger partial charge in [-0.2, -0.15) is 21.6 Å². The minimum Gasteiger partial charge on any atom is -0.331 e. The largest absolute Gasteiger partial charge is 0.516 e. The lowest BCUT2D eigenvalue weighted by molar-refractivity contribution is -0.0438. The number of hydrogen-bond donors (Lipinski definition) is 0. The molecule has 1 aliphatic rings. The molecule has 11 heteroatoms. The van der Waals surface area contributed by atoms with E-state index >= 15 is 0 Å². The first-order valence-corrected chi connectivity index (χ1v) is 10.3. The van der Waals surface area contributed by atoms with Crippen molar-refractivity contribution in [3.05, 3.63) is 35.9 Å². The van der Waals surface area contributed by atoms with Crippen LogP contribution in [0, 0.1) is 0 Å². The molecule has 0 bridgehead atoms. The van der Waals surface area contributed by atoms with Crippen molar-refractivity contribution in [2.75, 3.05) is 18.5 Å². The molecule has 1 atom stereocenters. The normalized spacial score (nSPS) is 18.8. The third-order valence-electron chi connectivity index (χ3n) is 3.25. The number of nitrogens with zero attached hydrogens (tertiary/aromatic N) is 1. The van der Waals surface area contributed by atoms with Crippen LogP contribution in [0.3, 0.4) is 0 Å². The molecule has 1 unspecified atom stereocenters. The number of halogens is 3. The van der Waals surface area contributed by atoms with Gasteiger partial charge in [0.05, 0.1) is 5.69 Å². The fourth-order valence-corrected chi connectivity index (χ4v) is 5.83. The van der Waals surface area contributed by atoms with Crippen molar-refractivity contribution >= 4 is 40.1 Å². The summed E-state index contributed by atoms with van der Waals surface area (Å²) < 4.78 is 73.9. The second-order valence-electron chi connectivity index (χ2n) is 4.48. The summed E-state index contributed by atoms with van der Waals surface area (Å²) in [5, 5.41) is 0. The zero-order valence-corrected chi connectivity index (χ0v) is 14.5. The molecule has 0 spiro atoms. The Morgan fingerprint density at radius 3 is 2.30 bits per heavy atom. The van der Waals surface area contributed by atoms with E-state index in [0.717, 1.165) is 0 Å². The molecular formula is C12H13F3NO4PS2. The lowest BCUT2D eigenvalue weighted by Crippen LogP contribution is -2.47. The summed E-state index contributed by atoms with van der Waals surface area (Å²) in [5.74, 6) is -1.39. The minimum atomic E-state index is -5.68. The van der Waals surface area contributed by atoms with Crippen LogP contribution in [0.25, 0.3) is 6.08 Å². The number of fused-ring (bicyclic) bond motifs is 1. The maximum Gasteiger partial charge on any atom is 0.516 e. The SMILES string of the molecule is COP(=S)(OC)C1C=Cc2ccccc2N1S(=O)(=O)C(F)(F)F. The molecule has 1 aromatic rings. The highest BCUT2D eigenvalue weighted by Gasteiger charge is 2.55. The van der Waals surface area contributed by atoms with Gasteiger partial charge in [-0.3, -0.25) is 0 Å². The van der Waals surface area contributed by atoms with Gasteiger partial charge in [0.1, 0.15) is 5.78 Å². The molecule has 2 rings (SSSR count). The summed E-state index contributed by atoms with van der Waals surface area (Å²) in [6.07, 6.45) is 2.76. The van der Waals surface area contributed by atoms with Crippen LogP contribution < -0.4 is 4.31 Å². The number of rotatable bonds is 4. The van der Waals surface area contributed by atoms with Crippen molar-refractivity contribution in [1.82, 2.24) is 0 Å². The molecule has 0 radical (unpaired) electrons. The summed E-state index contributed by atoms with van der Waals surface area (Å²) in [7, 11) is -3.33. The number of alkyl halides is 3. The highest BCUT2D eigenvalue weighted by atomic mass is 32.5. The molecule has 1 aliphatic heterocycles. The van der Waals surface area contributed by atoms with Gasteiger partial charge in [-0.15, -0.1) is 0 Å². The quantitative estimate of drug-likeness (QED) is 0.742. The predicted octanol–water partition coefficient (Wildman–Crippen LogP) is 3.30. The minimum absolute atomic E-state index is 0.124. The van der Waals surface area contributed by atoms with Crippen LogP contribution in [0.4, 0.5) is 18.9 Å². The molecule has 0 saturated heterocycles. The van der Waals surface area contributed by atoms with Gasteiger partial charge in [0, 0.05) is 14.2 Å². The number of sulfonamides is 1. The maximum atomic E-state index is 13.1. The Labute approximate surface area is 136 Å². The van der Waals surface area contributed by atoms with E-state index in [1.165, 1.54) is 44.6 Å². The molecule has 0 amide bonds. The third-order valence-corrected chi connectivity index (χ3v) is 8.54. The summed E-state index contributed by atoms with van der Waals surface area (Å²) in [4.78, 5) is 0. The molecule has 1 heterocycles. The monoisotopic (exact) mass is 387 g/mol. The van der Waals surface area contributed by atoms with Crippen molar-refractivity contribution in [1.29, 1.82) is 0 Å². The van der Waals surface area contributed by atoms with Crippen LogP contribution >= 0.6 is 6.49 Å². The smallest absolute Gasteiger partial charge is 0.331 e. The second-order valence-corrected chi connectivity index (χ2v) is 10.2. The van der Waals surface area contributed by atoms with Crippen LogP contribution in [0.15, 0.2) is 30.3 Å². The standard InChI is InChI=1S/C12H13F3NO4PS2/c1-19-21(22,20-2)11-8-7-9-5-3-4-6-10(9)16(11)23(17,18)12(13,14)15/h3-8,11H,1-2H3. The molecule has 1 aromatic carbocycles. The predicted molar refractivity (Wildman–Crippen MR) is 85.0 cm³/mol. The van der Waals surface area contributed by atoms with Crippen LogP contribution in [-0.2, 0) is 30.9 Å². The van der Waals surface area contributed by atoms with Crippen molar-refractivity contribution in [3.63, 3.8) is 0 Å². The van der Waals surface area contributed by atoms with E-state index in [9.17, 15) is 21.6 Å². The van der Waals surface area contributed by atoms with Gasteiger partial charge < -0.3 is 9.05 Å². The Hall–Kier alpha value is -0.930. The van der Waals surface area contributed by atoms with Crippen molar-refractivity contribution in [2.24, 2.45) is 0 Å². The van der Waals surface area contributed by atoms with Crippen molar-refractivity contribution in [2.45, 2.75) is 11.3 Å². The van der Waals surface area contributed by atoms with Crippen LogP contribution in [0.5, 0.6) is 0 Å². The molecule has 23 heavy (non-hydrogen) atoms. The molecule has 128 valence electrons. The second kappa shape index (κ2) is 6.18. The molecule has 0 N–H and O–H groups in total. The Kier molecular flexibility index (Phi) is 4.94. The van der Waals surface area contributed by atoms with Gasteiger partial charge in [0.2, 0.25) is 6.49 Å². The van der Waals surface area contributed by atoms with Crippen LogP contribution in [0.2, 0.25) is 0 Å².